The number of anilines is 1. The van der Waals surface area contributed by atoms with E-state index in [1.165, 1.54) is 0 Å². The molecule has 8 heteroatoms. The highest BCUT2D eigenvalue weighted by molar-refractivity contribution is 6.09. The van der Waals surface area contributed by atoms with Crippen LogP contribution in [0.4, 0.5) is 5.82 Å². The molecule has 4 heterocycles. The molecule has 0 aromatic carbocycles. The van der Waals surface area contributed by atoms with Crippen LogP contribution >= 0.6 is 0 Å². The van der Waals surface area contributed by atoms with Gasteiger partial charge in [-0.2, -0.15) is 10.4 Å². The number of carbonyl (C=O) groups excluding carboxylic acids is 1. The molecule has 8 nitrogen and oxygen atoms in total. The smallest absolute Gasteiger partial charge is 0.234 e. The van der Waals surface area contributed by atoms with E-state index in [-0.39, 0.29) is 18.4 Å². The highest BCUT2D eigenvalue weighted by atomic mass is 16.1. The van der Waals surface area contributed by atoms with Crippen LogP contribution in [-0.4, -0.2) is 45.2 Å². The maximum atomic E-state index is 11.6. The van der Waals surface area contributed by atoms with Gasteiger partial charge in [-0.25, -0.2) is 4.98 Å². The van der Waals surface area contributed by atoms with E-state index in [4.69, 9.17) is 5.26 Å². The van der Waals surface area contributed by atoms with E-state index in [1.807, 2.05) is 18.3 Å². The standard InChI is InChI=1S/C17H17N7O/c18-5-1-14(25)22-12-3-7-24(8-4-12)17-15-11(10-21-23-17)9-20-16-13(15)2-6-19-16/h2,6,9-10,12H,1,3-4,7-8H2,(H,19,20)(H,22,25). The Morgan fingerprint density at radius 2 is 2.24 bits per heavy atom. The molecule has 1 aliphatic rings. The summed E-state index contributed by atoms with van der Waals surface area (Å²) in [5.74, 6) is 0.650. The summed E-state index contributed by atoms with van der Waals surface area (Å²) in [6.07, 6.45) is 6.95. The Morgan fingerprint density at radius 1 is 1.40 bits per heavy atom. The lowest BCUT2D eigenvalue weighted by Crippen LogP contribution is -2.45. The van der Waals surface area contributed by atoms with E-state index in [9.17, 15) is 4.79 Å². The largest absolute Gasteiger partial charge is 0.354 e. The van der Waals surface area contributed by atoms with Crippen molar-refractivity contribution >= 4 is 33.5 Å². The summed E-state index contributed by atoms with van der Waals surface area (Å²) < 4.78 is 0. The van der Waals surface area contributed by atoms with Gasteiger partial charge in [-0.3, -0.25) is 4.79 Å². The number of amides is 1. The lowest BCUT2D eigenvalue weighted by atomic mass is 10.0. The molecule has 0 spiro atoms. The maximum Gasteiger partial charge on any atom is 0.234 e. The number of aromatic amines is 1. The van der Waals surface area contributed by atoms with Crippen LogP contribution in [0.15, 0.2) is 24.7 Å². The molecular weight excluding hydrogens is 318 g/mol. The molecule has 25 heavy (non-hydrogen) atoms. The first-order valence-corrected chi connectivity index (χ1v) is 8.25. The van der Waals surface area contributed by atoms with E-state index in [1.54, 1.807) is 12.4 Å². The van der Waals surface area contributed by atoms with Crippen molar-refractivity contribution in [1.29, 1.82) is 5.26 Å². The number of hydrogen-bond donors (Lipinski definition) is 2. The Kier molecular flexibility index (Phi) is 3.90. The molecule has 1 amide bonds. The van der Waals surface area contributed by atoms with Crippen molar-refractivity contribution in [3.8, 4) is 6.07 Å². The van der Waals surface area contributed by atoms with Gasteiger partial charge in [0.15, 0.2) is 5.82 Å². The second kappa shape index (κ2) is 6.36. The van der Waals surface area contributed by atoms with Gasteiger partial charge in [0.2, 0.25) is 5.91 Å². The number of pyridine rings is 1. The number of nitrogens with one attached hydrogen (secondary N) is 2. The molecule has 3 aromatic rings. The van der Waals surface area contributed by atoms with Crippen molar-refractivity contribution in [3.05, 3.63) is 24.7 Å². The van der Waals surface area contributed by atoms with Gasteiger partial charge in [-0.1, -0.05) is 0 Å². The van der Waals surface area contributed by atoms with Crippen LogP contribution in [0, 0.1) is 11.3 Å². The topological polar surface area (TPSA) is 111 Å². The van der Waals surface area contributed by atoms with E-state index in [0.717, 1.165) is 53.6 Å². The van der Waals surface area contributed by atoms with Crippen LogP contribution in [0.5, 0.6) is 0 Å². The molecule has 1 aliphatic heterocycles. The van der Waals surface area contributed by atoms with Crippen LogP contribution in [0.1, 0.15) is 19.3 Å². The molecular formula is C17H17N7O. The van der Waals surface area contributed by atoms with Gasteiger partial charge in [0.25, 0.3) is 0 Å². The van der Waals surface area contributed by atoms with Gasteiger partial charge in [-0.15, -0.1) is 5.10 Å². The Balaban J connectivity index is 1.58. The molecule has 0 bridgehead atoms. The normalized spacial score (nSPS) is 15.4. The average Bonchev–Trinajstić information content (AvgIpc) is 3.11. The van der Waals surface area contributed by atoms with Crippen molar-refractivity contribution in [1.82, 2.24) is 25.5 Å². The van der Waals surface area contributed by atoms with Crippen LogP contribution in [0.25, 0.3) is 21.8 Å². The number of hydrogen-bond acceptors (Lipinski definition) is 6. The third-order valence-electron chi connectivity index (χ3n) is 4.59. The van der Waals surface area contributed by atoms with Gasteiger partial charge < -0.3 is 15.2 Å². The molecule has 0 aliphatic carbocycles. The number of nitrogens with zero attached hydrogens (tertiary/aromatic N) is 5. The molecule has 3 aromatic heterocycles. The Hall–Kier alpha value is -3.21. The molecule has 0 radical (unpaired) electrons. The predicted octanol–water partition coefficient (Wildman–Crippen LogP) is 1.50. The molecule has 0 atom stereocenters. The quantitative estimate of drug-likeness (QED) is 0.750. The minimum Gasteiger partial charge on any atom is -0.354 e. The van der Waals surface area contributed by atoms with Gasteiger partial charge in [0, 0.05) is 47.7 Å². The van der Waals surface area contributed by atoms with E-state index < -0.39 is 0 Å². The monoisotopic (exact) mass is 335 g/mol. The number of aromatic nitrogens is 4. The third-order valence-corrected chi connectivity index (χ3v) is 4.59. The lowest BCUT2D eigenvalue weighted by Gasteiger charge is -2.33. The predicted molar refractivity (Wildman–Crippen MR) is 92.8 cm³/mol. The molecule has 126 valence electrons. The fraction of sp³-hybridized carbons (Fsp3) is 0.353. The van der Waals surface area contributed by atoms with Crippen molar-refractivity contribution in [2.75, 3.05) is 18.0 Å². The summed E-state index contributed by atoms with van der Waals surface area (Å²) in [4.78, 5) is 21.3. The van der Waals surface area contributed by atoms with Gasteiger partial charge in [-0.05, 0) is 18.9 Å². The van der Waals surface area contributed by atoms with Crippen molar-refractivity contribution in [2.24, 2.45) is 0 Å². The number of rotatable bonds is 3. The SMILES string of the molecule is N#CCC(=O)NC1CCN(c2nncc3cnc4[nH]ccc4c23)CC1. The Morgan fingerprint density at radius 3 is 3.04 bits per heavy atom. The number of fused-ring (bicyclic) bond motifs is 3. The molecule has 0 saturated carbocycles. The second-order valence-corrected chi connectivity index (χ2v) is 6.16. The molecule has 1 fully saturated rings. The highest BCUT2D eigenvalue weighted by Gasteiger charge is 2.23. The van der Waals surface area contributed by atoms with Crippen molar-refractivity contribution < 1.29 is 4.79 Å². The fourth-order valence-corrected chi connectivity index (χ4v) is 3.37. The summed E-state index contributed by atoms with van der Waals surface area (Å²) in [6, 6.07) is 3.99. The van der Waals surface area contributed by atoms with E-state index in [0.29, 0.717) is 0 Å². The first-order chi connectivity index (χ1) is 12.3. The Labute approximate surface area is 143 Å². The molecule has 4 rings (SSSR count). The number of H-pyrrole nitrogens is 1. The van der Waals surface area contributed by atoms with Gasteiger partial charge >= 0.3 is 0 Å². The third kappa shape index (κ3) is 2.85. The molecule has 0 unspecified atom stereocenters. The zero-order valence-corrected chi connectivity index (χ0v) is 13.6. The number of nitriles is 1. The van der Waals surface area contributed by atoms with Crippen LogP contribution < -0.4 is 10.2 Å². The molecule has 2 N–H and O–H groups in total. The summed E-state index contributed by atoms with van der Waals surface area (Å²) in [5, 5.41) is 23.0. The lowest BCUT2D eigenvalue weighted by molar-refractivity contribution is -0.120. The maximum absolute atomic E-state index is 11.6. The zero-order valence-electron chi connectivity index (χ0n) is 13.6. The summed E-state index contributed by atoms with van der Waals surface area (Å²) in [7, 11) is 0. The summed E-state index contributed by atoms with van der Waals surface area (Å²) in [6.45, 7) is 1.55. The summed E-state index contributed by atoms with van der Waals surface area (Å²) >= 11 is 0. The Bertz CT molecular complexity index is 966. The van der Waals surface area contributed by atoms with Crippen LogP contribution in [0.3, 0.4) is 0 Å². The van der Waals surface area contributed by atoms with Gasteiger partial charge in [0.05, 0.1) is 12.3 Å². The van der Waals surface area contributed by atoms with Gasteiger partial charge in [0.1, 0.15) is 12.1 Å². The van der Waals surface area contributed by atoms with Crippen molar-refractivity contribution in [3.63, 3.8) is 0 Å². The first-order valence-electron chi connectivity index (χ1n) is 8.25. The van der Waals surface area contributed by atoms with E-state index in [2.05, 4.69) is 30.4 Å². The van der Waals surface area contributed by atoms with Crippen molar-refractivity contribution in [2.45, 2.75) is 25.3 Å². The minimum atomic E-state index is -0.203. The molecule has 1 saturated heterocycles. The number of carbonyl (C=O) groups is 1. The fourth-order valence-electron chi connectivity index (χ4n) is 3.37. The second-order valence-electron chi connectivity index (χ2n) is 6.16. The minimum absolute atomic E-state index is 0.0898. The first kappa shape index (κ1) is 15.3. The van der Waals surface area contributed by atoms with Crippen LogP contribution in [0.2, 0.25) is 0 Å². The summed E-state index contributed by atoms with van der Waals surface area (Å²) in [5.41, 5.74) is 0.834. The van der Waals surface area contributed by atoms with Crippen LogP contribution in [-0.2, 0) is 4.79 Å². The number of piperidine rings is 1. The van der Waals surface area contributed by atoms with E-state index >= 15 is 0 Å². The zero-order chi connectivity index (χ0) is 17.2. The average molecular weight is 335 g/mol. The highest BCUT2D eigenvalue weighted by Crippen LogP contribution is 2.31.